The van der Waals surface area contributed by atoms with Crippen molar-refractivity contribution in [3.8, 4) is 0 Å². The lowest BCUT2D eigenvalue weighted by Gasteiger charge is -2.26. The molecule has 2 heterocycles. The number of pyridine rings is 1. The highest BCUT2D eigenvalue weighted by Crippen LogP contribution is 2.25. The zero-order valence-electron chi connectivity index (χ0n) is 10.1. The summed E-state index contributed by atoms with van der Waals surface area (Å²) >= 11 is 0. The number of nitro groups is 1. The van der Waals surface area contributed by atoms with Gasteiger partial charge in [-0.1, -0.05) is 0 Å². The van der Waals surface area contributed by atoms with Crippen molar-refractivity contribution in [3.63, 3.8) is 0 Å². The van der Waals surface area contributed by atoms with Crippen LogP contribution < -0.4 is 5.32 Å². The topological polar surface area (TPSA) is 86.5 Å². The first-order chi connectivity index (χ1) is 8.67. The molecule has 1 fully saturated rings. The van der Waals surface area contributed by atoms with Gasteiger partial charge in [0.2, 0.25) is 0 Å². The summed E-state index contributed by atoms with van der Waals surface area (Å²) in [6, 6.07) is 3.28. The number of rotatable bonds is 5. The van der Waals surface area contributed by atoms with E-state index in [1.54, 1.807) is 19.2 Å². The Morgan fingerprint density at radius 1 is 1.72 bits per heavy atom. The van der Waals surface area contributed by atoms with E-state index in [2.05, 4.69) is 10.3 Å². The van der Waals surface area contributed by atoms with E-state index in [-0.39, 0.29) is 5.82 Å². The third kappa shape index (κ3) is 2.57. The molecule has 0 radical (unpaired) electrons. The molecule has 7 nitrogen and oxygen atoms in total. The van der Waals surface area contributed by atoms with Crippen molar-refractivity contribution >= 4 is 11.5 Å². The van der Waals surface area contributed by atoms with Gasteiger partial charge in [-0.3, -0.25) is 0 Å². The van der Waals surface area contributed by atoms with Gasteiger partial charge in [-0.25, -0.2) is 0 Å². The van der Waals surface area contributed by atoms with Crippen LogP contribution in [0.15, 0.2) is 18.3 Å². The summed E-state index contributed by atoms with van der Waals surface area (Å²) in [4.78, 5) is 14.0. The second-order valence-corrected chi connectivity index (χ2v) is 4.17. The summed E-state index contributed by atoms with van der Waals surface area (Å²) in [5.74, 6) is -0.178. The van der Waals surface area contributed by atoms with Crippen molar-refractivity contribution in [1.29, 1.82) is 0 Å². The molecular weight excluding hydrogens is 238 g/mol. The van der Waals surface area contributed by atoms with Gasteiger partial charge < -0.3 is 24.9 Å². The van der Waals surface area contributed by atoms with E-state index in [9.17, 15) is 10.1 Å². The Morgan fingerprint density at radius 3 is 3.17 bits per heavy atom. The van der Waals surface area contributed by atoms with Crippen molar-refractivity contribution in [2.45, 2.75) is 12.0 Å². The molecule has 0 amide bonds. The third-order valence-electron chi connectivity index (χ3n) is 3.06. The second-order valence-electron chi connectivity index (χ2n) is 4.17. The van der Waals surface area contributed by atoms with Crippen LogP contribution in [0.25, 0.3) is 0 Å². The number of nitrogens with zero attached hydrogens (tertiary/aromatic N) is 2. The molecule has 1 atom stereocenters. The number of aromatic nitrogens is 1. The summed E-state index contributed by atoms with van der Waals surface area (Å²) in [6.07, 6.45) is 2.17. The number of hydrogen-bond donors (Lipinski definition) is 1. The van der Waals surface area contributed by atoms with Crippen molar-refractivity contribution in [2.24, 2.45) is 0 Å². The third-order valence-corrected chi connectivity index (χ3v) is 3.06. The summed E-state index contributed by atoms with van der Waals surface area (Å²) in [6.45, 7) is 1.59. The van der Waals surface area contributed by atoms with Crippen LogP contribution in [0.1, 0.15) is 6.42 Å². The average molecular weight is 253 g/mol. The molecule has 1 N–H and O–H groups in total. The lowest BCUT2D eigenvalue weighted by molar-refractivity contribution is -0.388. The Hall–Kier alpha value is -1.73. The zero-order valence-corrected chi connectivity index (χ0v) is 10.1. The van der Waals surface area contributed by atoms with E-state index >= 15 is 0 Å². The van der Waals surface area contributed by atoms with Gasteiger partial charge in [0.25, 0.3) is 0 Å². The average Bonchev–Trinajstić information content (AvgIpc) is 2.86. The van der Waals surface area contributed by atoms with Gasteiger partial charge in [-0.2, -0.15) is 0 Å². The summed E-state index contributed by atoms with van der Waals surface area (Å²) in [7, 11) is 1.62. The van der Waals surface area contributed by atoms with E-state index < -0.39 is 10.5 Å². The van der Waals surface area contributed by atoms with Crippen LogP contribution in [0.2, 0.25) is 0 Å². The molecule has 2 rings (SSSR count). The molecule has 1 saturated heterocycles. The van der Waals surface area contributed by atoms with E-state index in [1.165, 1.54) is 6.20 Å². The maximum absolute atomic E-state index is 10.8. The maximum atomic E-state index is 10.8. The first kappa shape index (κ1) is 12.7. The molecule has 1 aliphatic heterocycles. The minimum Gasteiger partial charge on any atom is -0.378 e. The van der Waals surface area contributed by atoms with Gasteiger partial charge in [-0.15, -0.1) is 0 Å². The standard InChI is InChI=1S/C11H15N3O4/c1-17-11(4-6-18-8-11)7-13-9-3-2-5-12-10(9)14(15)16/h2-3,5,13H,4,6-8H2,1H3. The molecule has 0 saturated carbocycles. The Kier molecular flexibility index (Phi) is 3.73. The molecule has 1 unspecified atom stereocenters. The lowest BCUT2D eigenvalue weighted by atomic mass is 10.0. The van der Waals surface area contributed by atoms with Gasteiger partial charge >= 0.3 is 5.82 Å². The van der Waals surface area contributed by atoms with Crippen LogP contribution in [-0.4, -0.2) is 42.4 Å². The largest absolute Gasteiger partial charge is 0.386 e. The highest BCUT2D eigenvalue weighted by molar-refractivity contribution is 5.56. The Bertz CT molecular complexity index is 432. The van der Waals surface area contributed by atoms with E-state index in [4.69, 9.17) is 9.47 Å². The quantitative estimate of drug-likeness (QED) is 0.627. The van der Waals surface area contributed by atoms with Gasteiger partial charge in [0.05, 0.1) is 6.61 Å². The first-order valence-electron chi connectivity index (χ1n) is 5.63. The molecule has 0 spiro atoms. The molecule has 7 heteroatoms. The minimum atomic E-state index is -0.507. The molecule has 0 aliphatic carbocycles. The van der Waals surface area contributed by atoms with Crippen LogP contribution in [0.5, 0.6) is 0 Å². The molecular formula is C11H15N3O4. The Labute approximate surface area is 104 Å². The van der Waals surface area contributed by atoms with E-state index in [0.29, 0.717) is 25.4 Å². The van der Waals surface area contributed by atoms with Crippen LogP contribution in [0.4, 0.5) is 11.5 Å². The van der Waals surface area contributed by atoms with E-state index in [0.717, 1.165) is 6.42 Å². The normalized spacial score (nSPS) is 22.9. The second kappa shape index (κ2) is 5.28. The molecule has 0 bridgehead atoms. The highest BCUT2D eigenvalue weighted by atomic mass is 16.6. The molecule has 1 aliphatic rings. The highest BCUT2D eigenvalue weighted by Gasteiger charge is 2.35. The molecule has 18 heavy (non-hydrogen) atoms. The first-order valence-corrected chi connectivity index (χ1v) is 5.63. The summed E-state index contributed by atoms with van der Waals surface area (Å²) in [5.41, 5.74) is -0.0187. The predicted molar refractivity (Wildman–Crippen MR) is 64.6 cm³/mol. The summed E-state index contributed by atoms with van der Waals surface area (Å²) < 4.78 is 10.7. The monoisotopic (exact) mass is 253 g/mol. The van der Waals surface area contributed by atoms with Gasteiger partial charge in [0.15, 0.2) is 0 Å². The predicted octanol–water partition coefficient (Wildman–Crippen LogP) is 1.21. The SMILES string of the molecule is COC1(CNc2cccnc2[N+](=O)[O-])CCOC1. The molecule has 1 aromatic heterocycles. The van der Waals surface area contributed by atoms with Gasteiger partial charge in [0, 0.05) is 26.7 Å². The fourth-order valence-electron chi connectivity index (χ4n) is 1.90. The fraction of sp³-hybridized carbons (Fsp3) is 0.545. The van der Waals surface area contributed by atoms with Crippen molar-refractivity contribution in [3.05, 3.63) is 28.4 Å². The number of hydrogen-bond acceptors (Lipinski definition) is 6. The number of nitrogens with one attached hydrogen (secondary N) is 1. The molecule has 98 valence electrons. The van der Waals surface area contributed by atoms with Crippen molar-refractivity contribution in [1.82, 2.24) is 4.98 Å². The molecule has 1 aromatic rings. The minimum absolute atomic E-state index is 0.178. The lowest BCUT2D eigenvalue weighted by Crippen LogP contribution is -2.39. The van der Waals surface area contributed by atoms with Crippen molar-refractivity contribution < 1.29 is 14.4 Å². The summed E-state index contributed by atoms with van der Waals surface area (Å²) in [5, 5.41) is 13.8. The van der Waals surface area contributed by atoms with Crippen molar-refractivity contribution in [2.75, 3.05) is 32.2 Å². The maximum Gasteiger partial charge on any atom is 0.386 e. The van der Waals surface area contributed by atoms with E-state index in [1.807, 2.05) is 0 Å². The van der Waals surface area contributed by atoms with Crippen LogP contribution >= 0.6 is 0 Å². The van der Waals surface area contributed by atoms with Crippen LogP contribution in [0.3, 0.4) is 0 Å². The number of methoxy groups -OCH3 is 1. The van der Waals surface area contributed by atoms with Gasteiger partial charge in [-0.05, 0) is 22.0 Å². The number of ether oxygens (including phenoxy) is 2. The fourth-order valence-corrected chi connectivity index (χ4v) is 1.90. The van der Waals surface area contributed by atoms with Crippen LogP contribution in [-0.2, 0) is 9.47 Å². The Balaban J connectivity index is 2.08. The Morgan fingerprint density at radius 2 is 2.56 bits per heavy atom. The number of anilines is 1. The molecule has 0 aromatic carbocycles. The smallest absolute Gasteiger partial charge is 0.378 e. The van der Waals surface area contributed by atoms with Gasteiger partial charge in [0.1, 0.15) is 17.5 Å². The van der Waals surface area contributed by atoms with Crippen LogP contribution in [0, 0.1) is 10.1 Å². The zero-order chi connectivity index (χ0) is 13.0.